The average Bonchev–Trinajstić information content (AvgIpc) is 3.36. The van der Waals surface area contributed by atoms with E-state index in [2.05, 4.69) is 33.0 Å². The van der Waals surface area contributed by atoms with Crippen molar-refractivity contribution < 1.29 is 14.0 Å². The van der Waals surface area contributed by atoms with Crippen LogP contribution in [-0.2, 0) is 11.3 Å². The number of nitrogens with zero attached hydrogens (tertiary/aromatic N) is 1. The van der Waals surface area contributed by atoms with Crippen LogP contribution in [0.5, 0.6) is 0 Å². The van der Waals surface area contributed by atoms with Crippen molar-refractivity contribution in [3.05, 3.63) is 130 Å². The van der Waals surface area contributed by atoms with Crippen molar-refractivity contribution in [3.8, 4) is 0 Å². The van der Waals surface area contributed by atoms with Crippen LogP contribution >= 0.6 is 11.6 Å². The lowest BCUT2D eigenvalue weighted by Crippen LogP contribution is -2.29. The van der Waals surface area contributed by atoms with Crippen LogP contribution in [0.15, 0.2) is 91.0 Å². The van der Waals surface area contributed by atoms with Gasteiger partial charge in [-0.05, 0) is 116 Å². The van der Waals surface area contributed by atoms with Gasteiger partial charge in [-0.2, -0.15) is 0 Å². The maximum atomic E-state index is 14.0. The highest BCUT2D eigenvalue weighted by atomic mass is 35.5. The second-order valence-electron chi connectivity index (χ2n) is 11.4. The summed E-state index contributed by atoms with van der Waals surface area (Å²) in [5.74, 6) is -0.939. The summed E-state index contributed by atoms with van der Waals surface area (Å²) in [6.07, 6.45) is 3.71. The fourth-order valence-electron chi connectivity index (χ4n) is 5.83. The molecule has 0 aliphatic carbocycles. The molecular formula is C36H34ClFN4O2. The molecule has 0 aromatic heterocycles. The number of benzene rings is 4. The van der Waals surface area contributed by atoms with Crippen LogP contribution in [0.25, 0.3) is 11.3 Å². The minimum atomic E-state index is -0.369. The molecule has 0 spiro atoms. The lowest BCUT2D eigenvalue weighted by molar-refractivity contribution is -0.110. The Balaban J connectivity index is 1.34. The molecule has 1 atom stereocenters. The molecular weight excluding hydrogens is 575 g/mol. The third-order valence-electron chi connectivity index (χ3n) is 8.18. The maximum absolute atomic E-state index is 14.0. The lowest BCUT2D eigenvalue weighted by atomic mass is 9.98. The summed E-state index contributed by atoms with van der Waals surface area (Å²) >= 11 is 6.02. The van der Waals surface area contributed by atoms with E-state index in [1.165, 1.54) is 37.0 Å². The number of halogens is 2. The van der Waals surface area contributed by atoms with E-state index in [9.17, 15) is 14.0 Å². The topological polar surface area (TPSA) is 73.5 Å². The quantitative estimate of drug-likeness (QED) is 0.178. The van der Waals surface area contributed by atoms with Gasteiger partial charge in [-0.25, -0.2) is 4.39 Å². The van der Waals surface area contributed by atoms with Crippen molar-refractivity contribution in [2.24, 2.45) is 0 Å². The molecule has 1 fully saturated rings. The molecule has 1 saturated heterocycles. The first-order chi connectivity index (χ1) is 21.3. The summed E-state index contributed by atoms with van der Waals surface area (Å²) in [7, 11) is 0. The highest BCUT2D eigenvalue weighted by Gasteiger charge is 2.30. The van der Waals surface area contributed by atoms with Crippen LogP contribution in [-0.4, -0.2) is 29.8 Å². The van der Waals surface area contributed by atoms with Crippen LogP contribution in [0.3, 0.4) is 0 Å². The van der Waals surface area contributed by atoms with Crippen LogP contribution in [0.1, 0.15) is 64.8 Å². The molecule has 2 amide bonds. The number of piperidine rings is 1. The highest BCUT2D eigenvalue weighted by molar-refractivity contribution is 6.37. The van der Waals surface area contributed by atoms with Crippen molar-refractivity contribution in [3.63, 3.8) is 0 Å². The van der Waals surface area contributed by atoms with Gasteiger partial charge in [-0.15, -0.1) is 0 Å². The molecule has 0 bridgehead atoms. The number of carbonyl (C=O) groups excluding carboxylic acids is 2. The molecule has 0 unspecified atom stereocenters. The summed E-state index contributed by atoms with van der Waals surface area (Å²) in [6.45, 7) is 4.94. The largest absolute Gasteiger partial charge is 0.354 e. The van der Waals surface area contributed by atoms with Gasteiger partial charge in [-0.3, -0.25) is 14.5 Å². The van der Waals surface area contributed by atoms with E-state index in [1.807, 2.05) is 31.2 Å². The zero-order valence-corrected chi connectivity index (χ0v) is 25.3. The minimum absolute atomic E-state index is 0.253. The molecule has 3 N–H and O–H groups in total. The second kappa shape index (κ2) is 13.0. The minimum Gasteiger partial charge on any atom is -0.354 e. The molecule has 44 heavy (non-hydrogen) atoms. The molecule has 2 heterocycles. The maximum Gasteiger partial charge on any atom is 0.258 e. The van der Waals surface area contributed by atoms with Crippen molar-refractivity contribution in [1.29, 1.82) is 0 Å². The number of likely N-dealkylation sites (tertiary alicyclic amines) is 1. The van der Waals surface area contributed by atoms with Gasteiger partial charge in [0.05, 0.1) is 17.3 Å². The molecule has 0 saturated carbocycles. The van der Waals surface area contributed by atoms with E-state index >= 15 is 0 Å². The van der Waals surface area contributed by atoms with E-state index < -0.39 is 0 Å². The predicted octanol–water partition coefficient (Wildman–Crippen LogP) is 7.89. The molecule has 6 nitrogen and oxygen atoms in total. The SMILES string of the molecule is C[C@@H](NC(=O)c1ccc2c(c1)C(=C(Nc1cccc(CN3CCCCC3)c1)c1ccc(F)cc1)C(=O)N2)c1ccc(Cl)cc1. The standard InChI is InChI=1S/C36H34ClFN4O2/c1-23(25-8-13-28(37)14-9-25)39-35(43)27-12-17-32-31(21-27)33(36(44)41-32)34(26-10-15-29(38)16-11-26)40-30-7-5-6-24(20-30)22-42-18-3-2-4-19-42/h5-17,20-21,23,40H,2-4,18-19,22H2,1H3,(H,39,43)(H,41,44)/t23-/m1/s1. The van der Waals surface area contributed by atoms with Gasteiger partial charge in [0.25, 0.3) is 11.8 Å². The van der Waals surface area contributed by atoms with Gasteiger partial charge in [0.1, 0.15) is 5.82 Å². The third-order valence-corrected chi connectivity index (χ3v) is 8.43. The van der Waals surface area contributed by atoms with Crippen LogP contribution in [0, 0.1) is 5.82 Å². The van der Waals surface area contributed by atoms with Crippen molar-refractivity contribution >= 4 is 46.1 Å². The smallest absolute Gasteiger partial charge is 0.258 e. The van der Waals surface area contributed by atoms with Crippen LogP contribution < -0.4 is 16.0 Å². The van der Waals surface area contributed by atoms with E-state index in [-0.39, 0.29) is 23.7 Å². The summed E-state index contributed by atoms with van der Waals surface area (Å²) in [6, 6.07) is 26.5. The normalized spacial score (nSPS) is 16.6. The number of nitrogens with one attached hydrogen (secondary N) is 3. The van der Waals surface area contributed by atoms with Gasteiger partial charge in [-0.1, -0.05) is 42.3 Å². The van der Waals surface area contributed by atoms with Crippen LogP contribution in [0.4, 0.5) is 15.8 Å². The first-order valence-corrected chi connectivity index (χ1v) is 15.3. The van der Waals surface area contributed by atoms with E-state index in [1.54, 1.807) is 42.5 Å². The Labute approximate surface area is 261 Å². The summed E-state index contributed by atoms with van der Waals surface area (Å²) in [5.41, 5.74) is 6.09. The number of amides is 2. The van der Waals surface area contributed by atoms with Gasteiger partial charge in [0.15, 0.2) is 0 Å². The molecule has 224 valence electrons. The van der Waals surface area contributed by atoms with Gasteiger partial charge >= 0.3 is 0 Å². The first kappa shape index (κ1) is 29.6. The fourth-order valence-corrected chi connectivity index (χ4v) is 5.96. The molecule has 6 rings (SSSR count). The number of anilines is 2. The first-order valence-electron chi connectivity index (χ1n) is 14.9. The van der Waals surface area contributed by atoms with E-state index in [0.29, 0.717) is 38.7 Å². The Morgan fingerprint density at radius 3 is 2.41 bits per heavy atom. The average molecular weight is 609 g/mol. The summed E-state index contributed by atoms with van der Waals surface area (Å²) < 4.78 is 14.0. The zero-order chi connectivity index (χ0) is 30.6. The predicted molar refractivity (Wildman–Crippen MR) is 175 cm³/mol. The Morgan fingerprint density at radius 2 is 1.66 bits per heavy atom. The van der Waals surface area contributed by atoms with Crippen LogP contribution in [0.2, 0.25) is 5.02 Å². The van der Waals surface area contributed by atoms with E-state index in [4.69, 9.17) is 11.6 Å². The third kappa shape index (κ3) is 6.69. The summed E-state index contributed by atoms with van der Waals surface area (Å²) in [4.78, 5) is 29.3. The van der Waals surface area contributed by atoms with Crippen molar-refractivity contribution in [1.82, 2.24) is 10.2 Å². The van der Waals surface area contributed by atoms with Gasteiger partial charge < -0.3 is 16.0 Å². The Hall–Kier alpha value is -4.46. The molecule has 0 radical (unpaired) electrons. The molecule has 8 heteroatoms. The number of rotatable bonds is 8. The highest BCUT2D eigenvalue weighted by Crippen LogP contribution is 2.38. The number of hydrogen-bond acceptors (Lipinski definition) is 4. The number of fused-ring (bicyclic) bond motifs is 1. The van der Waals surface area contributed by atoms with E-state index in [0.717, 1.165) is 30.9 Å². The zero-order valence-electron chi connectivity index (χ0n) is 24.5. The Kier molecular flexibility index (Phi) is 8.77. The van der Waals surface area contributed by atoms with Gasteiger partial charge in [0.2, 0.25) is 0 Å². The molecule has 2 aliphatic heterocycles. The monoisotopic (exact) mass is 608 g/mol. The number of hydrogen-bond donors (Lipinski definition) is 3. The fraction of sp³-hybridized carbons (Fsp3) is 0.222. The van der Waals surface area contributed by atoms with Crippen molar-refractivity contribution in [2.45, 2.75) is 38.8 Å². The molecule has 4 aromatic rings. The van der Waals surface area contributed by atoms with Gasteiger partial charge in [0, 0.05) is 34.1 Å². The summed E-state index contributed by atoms with van der Waals surface area (Å²) in [5, 5.41) is 10.1. The Bertz CT molecular complexity index is 1710. The number of carbonyl (C=O) groups is 2. The van der Waals surface area contributed by atoms with Crippen molar-refractivity contribution in [2.75, 3.05) is 23.7 Å². The second-order valence-corrected chi connectivity index (χ2v) is 11.8. The lowest BCUT2D eigenvalue weighted by Gasteiger charge is -2.26. The molecule has 2 aliphatic rings. The molecule has 4 aromatic carbocycles. The Morgan fingerprint density at radius 1 is 0.932 bits per heavy atom.